The van der Waals surface area contributed by atoms with Crippen LogP contribution >= 0.6 is 23.2 Å². The Bertz CT molecular complexity index is 380. The second-order valence-electron chi connectivity index (χ2n) is 3.96. The summed E-state index contributed by atoms with van der Waals surface area (Å²) in [6.07, 6.45) is 4.88. The molecule has 0 saturated heterocycles. The van der Waals surface area contributed by atoms with E-state index >= 15 is 0 Å². The molecule has 1 amide bonds. The summed E-state index contributed by atoms with van der Waals surface area (Å²) < 4.78 is 0. The van der Waals surface area contributed by atoms with Crippen LogP contribution < -0.4 is 5.32 Å². The highest BCUT2D eigenvalue weighted by atomic mass is 35.5. The summed E-state index contributed by atoms with van der Waals surface area (Å²) in [5, 5.41) is 3.63. The Morgan fingerprint density at radius 3 is 2.71 bits per heavy atom. The van der Waals surface area contributed by atoms with Gasteiger partial charge in [0.2, 0.25) is 5.91 Å². The zero-order valence-electron chi connectivity index (χ0n) is 9.93. The monoisotopic (exact) mass is 273 g/mol. The van der Waals surface area contributed by atoms with E-state index in [0.717, 1.165) is 12.8 Å². The van der Waals surface area contributed by atoms with E-state index in [9.17, 15) is 4.79 Å². The molecule has 1 N–H and O–H groups in total. The first-order chi connectivity index (χ1) is 8.15. The summed E-state index contributed by atoms with van der Waals surface area (Å²) in [5.41, 5.74) is 0.583. The van der Waals surface area contributed by atoms with Gasteiger partial charge in [-0.15, -0.1) is 0 Å². The Hall–Kier alpha value is -0.730. The molecule has 2 nitrogen and oxygen atoms in total. The average molecular weight is 274 g/mol. The molecule has 94 valence electrons. The van der Waals surface area contributed by atoms with E-state index in [4.69, 9.17) is 23.2 Å². The normalized spacial score (nSPS) is 10.3. The number of carbonyl (C=O) groups is 1. The quantitative estimate of drug-likeness (QED) is 0.734. The van der Waals surface area contributed by atoms with Gasteiger partial charge < -0.3 is 5.32 Å². The number of hydrogen-bond donors (Lipinski definition) is 1. The number of carbonyl (C=O) groups excluding carboxylic acids is 1. The van der Waals surface area contributed by atoms with Crippen molar-refractivity contribution >= 4 is 34.8 Å². The minimum absolute atomic E-state index is 0.00901. The molecule has 0 radical (unpaired) electrons. The molecule has 0 aliphatic heterocycles. The van der Waals surface area contributed by atoms with Gasteiger partial charge in [0.25, 0.3) is 0 Å². The topological polar surface area (TPSA) is 29.1 Å². The Labute approximate surface area is 112 Å². The van der Waals surface area contributed by atoms with Crippen molar-refractivity contribution in [1.82, 2.24) is 0 Å². The van der Waals surface area contributed by atoms with Gasteiger partial charge in [-0.3, -0.25) is 4.79 Å². The molecule has 0 heterocycles. The summed E-state index contributed by atoms with van der Waals surface area (Å²) in [7, 11) is 0. The lowest BCUT2D eigenvalue weighted by atomic mass is 10.1. The van der Waals surface area contributed by atoms with Crippen LogP contribution in [0.3, 0.4) is 0 Å². The van der Waals surface area contributed by atoms with Gasteiger partial charge in [-0.05, 0) is 18.6 Å². The first-order valence-electron chi connectivity index (χ1n) is 5.89. The minimum atomic E-state index is -0.00901. The predicted molar refractivity (Wildman–Crippen MR) is 73.9 cm³/mol. The summed E-state index contributed by atoms with van der Waals surface area (Å²) >= 11 is 11.8. The molecule has 0 saturated carbocycles. The molecular weight excluding hydrogens is 257 g/mol. The van der Waals surface area contributed by atoms with Crippen LogP contribution in [0, 0.1) is 0 Å². The highest BCUT2D eigenvalue weighted by Gasteiger charge is 2.07. The average Bonchev–Trinajstić information content (AvgIpc) is 2.31. The lowest BCUT2D eigenvalue weighted by Gasteiger charge is -2.07. The van der Waals surface area contributed by atoms with E-state index in [2.05, 4.69) is 12.2 Å². The first kappa shape index (κ1) is 14.3. The van der Waals surface area contributed by atoms with Crippen molar-refractivity contribution in [2.45, 2.75) is 39.0 Å². The predicted octanol–water partition coefficient (Wildman–Crippen LogP) is 4.90. The number of benzene rings is 1. The Balaban J connectivity index is 2.43. The molecule has 1 aromatic carbocycles. The van der Waals surface area contributed by atoms with Gasteiger partial charge in [-0.25, -0.2) is 0 Å². The van der Waals surface area contributed by atoms with E-state index in [1.165, 1.54) is 12.8 Å². The van der Waals surface area contributed by atoms with Crippen LogP contribution in [-0.4, -0.2) is 5.91 Å². The largest absolute Gasteiger partial charge is 0.325 e. The van der Waals surface area contributed by atoms with E-state index in [-0.39, 0.29) is 5.91 Å². The maximum atomic E-state index is 11.6. The number of rotatable bonds is 6. The molecule has 1 rings (SSSR count). The third-order valence-corrected chi connectivity index (χ3v) is 3.30. The van der Waals surface area contributed by atoms with Gasteiger partial charge in [0.1, 0.15) is 0 Å². The summed E-state index contributed by atoms with van der Waals surface area (Å²) in [5.74, 6) is -0.00901. The fraction of sp³-hybridized carbons (Fsp3) is 0.462. The van der Waals surface area contributed by atoms with Crippen molar-refractivity contribution in [1.29, 1.82) is 0 Å². The zero-order chi connectivity index (χ0) is 12.7. The number of halogens is 2. The molecular formula is C13H17Cl2NO. The lowest BCUT2D eigenvalue weighted by molar-refractivity contribution is -0.116. The molecule has 0 bridgehead atoms. The smallest absolute Gasteiger partial charge is 0.224 e. The molecule has 0 unspecified atom stereocenters. The standard InChI is InChI=1S/C13H17Cl2NO/c1-2-3-4-5-9-12(17)16-11-8-6-7-10(14)13(11)15/h6-8H,2-5,9H2,1H3,(H,16,17). The van der Waals surface area contributed by atoms with Crippen LogP contribution in [0.15, 0.2) is 18.2 Å². The molecule has 0 atom stereocenters. The number of nitrogens with one attached hydrogen (secondary N) is 1. The fourth-order valence-electron chi connectivity index (χ4n) is 1.53. The number of amides is 1. The van der Waals surface area contributed by atoms with Crippen LogP contribution in [0.5, 0.6) is 0 Å². The molecule has 0 aromatic heterocycles. The summed E-state index contributed by atoms with van der Waals surface area (Å²) in [6.45, 7) is 2.14. The Morgan fingerprint density at radius 1 is 1.24 bits per heavy atom. The van der Waals surface area contributed by atoms with Crippen molar-refractivity contribution in [2.75, 3.05) is 5.32 Å². The summed E-state index contributed by atoms with van der Waals surface area (Å²) in [4.78, 5) is 11.6. The van der Waals surface area contributed by atoms with Gasteiger partial charge in [0.15, 0.2) is 0 Å². The molecule has 4 heteroatoms. The van der Waals surface area contributed by atoms with Crippen molar-refractivity contribution in [2.24, 2.45) is 0 Å². The maximum absolute atomic E-state index is 11.6. The van der Waals surface area contributed by atoms with Crippen LogP contribution in [0.4, 0.5) is 5.69 Å². The van der Waals surface area contributed by atoms with Gasteiger partial charge in [-0.1, -0.05) is 55.5 Å². The zero-order valence-corrected chi connectivity index (χ0v) is 11.4. The van der Waals surface area contributed by atoms with Gasteiger partial charge in [0.05, 0.1) is 15.7 Å². The Kier molecular flexibility index (Phi) is 6.38. The van der Waals surface area contributed by atoms with E-state index in [1.807, 2.05) is 0 Å². The maximum Gasteiger partial charge on any atom is 0.224 e. The van der Waals surface area contributed by atoms with Crippen molar-refractivity contribution in [3.63, 3.8) is 0 Å². The SMILES string of the molecule is CCCCCCC(=O)Nc1cccc(Cl)c1Cl. The van der Waals surface area contributed by atoms with Crippen molar-refractivity contribution in [3.8, 4) is 0 Å². The Morgan fingerprint density at radius 2 is 2.00 bits per heavy atom. The molecule has 0 spiro atoms. The third-order valence-electron chi connectivity index (χ3n) is 2.48. The van der Waals surface area contributed by atoms with Crippen molar-refractivity contribution < 1.29 is 4.79 Å². The number of anilines is 1. The van der Waals surface area contributed by atoms with Gasteiger partial charge in [0, 0.05) is 6.42 Å². The second kappa shape index (κ2) is 7.57. The highest BCUT2D eigenvalue weighted by molar-refractivity contribution is 6.43. The van der Waals surface area contributed by atoms with Crippen LogP contribution in [0.25, 0.3) is 0 Å². The van der Waals surface area contributed by atoms with Crippen molar-refractivity contribution in [3.05, 3.63) is 28.2 Å². The van der Waals surface area contributed by atoms with E-state index in [1.54, 1.807) is 18.2 Å². The highest BCUT2D eigenvalue weighted by Crippen LogP contribution is 2.29. The summed E-state index contributed by atoms with van der Waals surface area (Å²) in [6, 6.07) is 5.21. The lowest BCUT2D eigenvalue weighted by Crippen LogP contribution is -2.11. The molecule has 0 aliphatic carbocycles. The molecule has 1 aromatic rings. The van der Waals surface area contributed by atoms with Crippen LogP contribution in [0.2, 0.25) is 10.0 Å². The molecule has 0 aliphatic rings. The molecule has 17 heavy (non-hydrogen) atoms. The van der Waals surface area contributed by atoms with E-state index in [0.29, 0.717) is 22.2 Å². The van der Waals surface area contributed by atoms with Crippen LogP contribution in [-0.2, 0) is 4.79 Å². The van der Waals surface area contributed by atoms with E-state index < -0.39 is 0 Å². The minimum Gasteiger partial charge on any atom is -0.325 e. The third kappa shape index (κ3) is 4.97. The second-order valence-corrected chi connectivity index (χ2v) is 4.75. The van der Waals surface area contributed by atoms with Gasteiger partial charge in [-0.2, -0.15) is 0 Å². The van der Waals surface area contributed by atoms with Crippen LogP contribution in [0.1, 0.15) is 39.0 Å². The molecule has 0 fully saturated rings. The first-order valence-corrected chi connectivity index (χ1v) is 6.64. The number of hydrogen-bond acceptors (Lipinski definition) is 1. The fourth-order valence-corrected chi connectivity index (χ4v) is 1.87. The van der Waals surface area contributed by atoms with Gasteiger partial charge >= 0.3 is 0 Å². The number of unbranched alkanes of at least 4 members (excludes halogenated alkanes) is 3.